The molecule has 0 unspecified atom stereocenters. The van der Waals surface area contributed by atoms with E-state index in [0.29, 0.717) is 6.54 Å². The number of hydrogen-bond donors (Lipinski definition) is 2. The van der Waals surface area contributed by atoms with Crippen molar-refractivity contribution in [3.63, 3.8) is 0 Å². The molecule has 0 atom stereocenters. The molecule has 0 bridgehead atoms. The van der Waals surface area contributed by atoms with Gasteiger partial charge in [-0.25, -0.2) is 4.79 Å². The number of benzene rings is 3. The van der Waals surface area contributed by atoms with Gasteiger partial charge in [-0.2, -0.15) is 0 Å². The molecule has 0 amide bonds. The second-order valence-electron chi connectivity index (χ2n) is 7.27. The number of thiophene rings is 1. The van der Waals surface area contributed by atoms with Crippen LogP contribution in [-0.4, -0.2) is 15.6 Å². The van der Waals surface area contributed by atoms with Crippen LogP contribution >= 0.6 is 11.3 Å². The Hall–Kier alpha value is -3.83. The Morgan fingerprint density at radius 1 is 0.903 bits per heavy atom. The Morgan fingerprint density at radius 3 is 2.58 bits per heavy atom. The number of nitrogens with zero attached hydrogens (tertiary/aromatic N) is 1. The lowest BCUT2D eigenvalue weighted by Gasteiger charge is -2.07. The molecule has 0 radical (unpaired) electrons. The van der Waals surface area contributed by atoms with E-state index in [-0.39, 0.29) is 5.56 Å². The van der Waals surface area contributed by atoms with E-state index < -0.39 is 5.97 Å². The highest BCUT2D eigenvalue weighted by atomic mass is 32.1. The van der Waals surface area contributed by atoms with Gasteiger partial charge >= 0.3 is 5.97 Å². The molecule has 3 aromatic carbocycles. The van der Waals surface area contributed by atoms with E-state index in [1.165, 1.54) is 26.9 Å². The molecule has 0 saturated heterocycles. The zero-order valence-corrected chi connectivity index (χ0v) is 17.5. The Kier molecular flexibility index (Phi) is 5.02. The number of carboxylic acid groups (broad SMARTS) is 1. The summed E-state index contributed by atoms with van der Waals surface area (Å²) in [5.41, 5.74) is 4.70. The van der Waals surface area contributed by atoms with Gasteiger partial charge in [0.15, 0.2) is 0 Å². The highest BCUT2D eigenvalue weighted by molar-refractivity contribution is 7.14. The fraction of sp³-hybridized carbons (Fsp3) is 0.0385. The van der Waals surface area contributed by atoms with Crippen molar-refractivity contribution in [2.24, 2.45) is 0 Å². The SMILES string of the molecule is O=C(O)c1cccc(NCc2ccc(-n3ccc4c(-c5ccccc5)cccc43)s2)c1. The molecule has 152 valence electrons. The molecule has 5 aromatic rings. The lowest BCUT2D eigenvalue weighted by molar-refractivity contribution is 0.0697. The smallest absolute Gasteiger partial charge is 0.335 e. The number of hydrogen-bond acceptors (Lipinski definition) is 3. The van der Waals surface area contributed by atoms with Gasteiger partial charge in [-0.3, -0.25) is 0 Å². The number of rotatable bonds is 6. The highest BCUT2D eigenvalue weighted by Crippen LogP contribution is 2.32. The zero-order valence-electron chi connectivity index (χ0n) is 16.7. The maximum Gasteiger partial charge on any atom is 0.335 e. The first-order valence-electron chi connectivity index (χ1n) is 10.0. The summed E-state index contributed by atoms with van der Waals surface area (Å²) in [5.74, 6) is -0.920. The number of carbonyl (C=O) groups is 1. The Balaban J connectivity index is 1.40. The van der Waals surface area contributed by atoms with Gasteiger partial charge in [0.1, 0.15) is 0 Å². The number of aromatic nitrogens is 1. The molecule has 2 aromatic heterocycles. The first-order chi connectivity index (χ1) is 15.2. The van der Waals surface area contributed by atoms with Crippen LogP contribution in [0.5, 0.6) is 0 Å². The third-order valence-corrected chi connectivity index (χ3v) is 6.36. The molecular formula is C26H20N2O2S. The van der Waals surface area contributed by atoms with Crippen molar-refractivity contribution < 1.29 is 9.90 Å². The van der Waals surface area contributed by atoms with Gasteiger partial charge < -0.3 is 15.0 Å². The lowest BCUT2D eigenvalue weighted by atomic mass is 10.0. The highest BCUT2D eigenvalue weighted by Gasteiger charge is 2.10. The molecule has 5 rings (SSSR count). The minimum absolute atomic E-state index is 0.282. The second kappa shape index (κ2) is 8.13. The molecule has 0 aliphatic rings. The summed E-state index contributed by atoms with van der Waals surface area (Å²) >= 11 is 1.72. The molecule has 2 heterocycles. The molecular weight excluding hydrogens is 404 g/mol. The summed E-state index contributed by atoms with van der Waals surface area (Å²) in [6, 6.07) is 30.2. The number of aromatic carboxylic acids is 1. The first-order valence-corrected chi connectivity index (χ1v) is 10.8. The molecule has 0 spiro atoms. The summed E-state index contributed by atoms with van der Waals surface area (Å²) in [4.78, 5) is 12.3. The van der Waals surface area contributed by atoms with E-state index >= 15 is 0 Å². The van der Waals surface area contributed by atoms with E-state index in [4.69, 9.17) is 5.11 Å². The molecule has 0 fully saturated rings. The van der Waals surface area contributed by atoms with Gasteiger partial charge in [0.2, 0.25) is 0 Å². The van der Waals surface area contributed by atoms with Crippen LogP contribution in [0.3, 0.4) is 0 Å². The topological polar surface area (TPSA) is 54.3 Å². The second-order valence-corrected chi connectivity index (χ2v) is 8.42. The Bertz CT molecular complexity index is 1370. The predicted octanol–water partition coefficient (Wildman–Crippen LogP) is 6.67. The fourth-order valence-electron chi connectivity index (χ4n) is 3.77. The standard InChI is InChI=1S/C26H20N2O2S/c29-26(30)19-8-4-9-20(16-19)27-17-21-12-13-25(31-21)28-15-14-23-22(10-5-11-24(23)28)18-6-2-1-3-7-18/h1-16,27H,17H2,(H,29,30). The number of fused-ring (bicyclic) bond motifs is 1. The van der Waals surface area contributed by atoms with Gasteiger partial charge in [0.05, 0.1) is 16.1 Å². The van der Waals surface area contributed by atoms with Crippen LogP contribution in [0.25, 0.3) is 27.0 Å². The van der Waals surface area contributed by atoms with Crippen LogP contribution in [0.2, 0.25) is 0 Å². The van der Waals surface area contributed by atoms with E-state index in [1.807, 2.05) is 12.1 Å². The van der Waals surface area contributed by atoms with Crippen molar-refractivity contribution in [2.75, 3.05) is 5.32 Å². The molecule has 0 aliphatic heterocycles. The molecule has 0 aliphatic carbocycles. The van der Waals surface area contributed by atoms with Gasteiger partial charge in [-0.15, -0.1) is 11.3 Å². The van der Waals surface area contributed by atoms with Crippen LogP contribution in [0.15, 0.2) is 97.2 Å². The van der Waals surface area contributed by atoms with Crippen LogP contribution in [-0.2, 0) is 6.54 Å². The van der Waals surface area contributed by atoms with Crippen molar-refractivity contribution in [1.29, 1.82) is 0 Å². The van der Waals surface area contributed by atoms with E-state index in [0.717, 1.165) is 10.7 Å². The van der Waals surface area contributed by atoms with Crippen LogP contribution in [0.4, 0.5) is 5.69 Å². The number of anilines is 1. The molecule has 2 N–H and O–H groups in total. The van der Waals surface area contributed by atoms with Gasteiger partial charge in [0, 0.05) is 28.7 Å². The van der Waals surface area contributed by atoms with Gasteiger partial charge in [0.25, 0.3) is 0 Å². The van der Waals surface area contributed by atoms with Crippen molar-refractivity contribution in [3.8, 4) is 16.1 Å². The van der Waals surface area contributed by atoms with Crippen LogP contribution in [0, 0.1) is 0 Å². The van der Waals surface area contributed by atoms with Crippen molar-refractivity contribution in [1.82, 2.24) is 4.57 Å². The Labute approximate surface area is 184 Å². The summed E-state index contributed by atoms with van der Waals surface area (Å²) in [6.07, 6.45) is 2.12. The third kappa shape index (κ3) is 3.83. The largest absolute Gasteiger partial charge is 0.478 e. The molecule has 4 nitrogen and oxygen atoms in total. The summed E-state index contributed by atoms with van der Waals surface area (Å²) < 4.78 is 2.22. The number of nitrogens with one attached hydrogen (secondary N) is 1. The molecule has 31 heavy (non-hydrogen) atoms. The first kappa shape index (κ1) is 19.2. The summed E-state index contributed by atoms with van der Waals surface area (Å²) in [7, 11) is 0. The maximum absolute atomic E-state index is 11.2. The number of carboxylic acids is 1. The van der Waals surface area contributed by atoms with Gasteiger partial charge in [-0.05, 0) is 53.6 Å². The summed E-state index contributed by atoms with van der Waals surface area (Å²) in [5, 5.41) is 14.9. The minimum Gasteiger partial charge on any atom is -0.478 e. The minimum atomic E-state index is -0.920. The maximum atomic E-state index is 11.2. The van der Waals surface area contributed by atoms with E-state index in [9.17, 15) is 4.79 Å². The fourth-order valence-corrected chi connectivity index (χ4v) is 4.71. The quantitative estimate of drug-likeness (QED) is 0.320. The van der Waals surface area contributed by atoms with Crippen molar-refractivity contribution in [3.05, 3.63) is 108 Å². The zero-order chi connectivity index (χ0) is 21.2. The summed E-state index contributed by atoms with van der Waals surface area (Å²) in [6.45, 7) is 0.641. The molecule has 0 saturated carbocycles. The van der Waals surface area contributed by atoms with E-state index in [2.05, 4.69) is 76.7 Å². The van der Waals surface area contributed by atoms with Crippen LogP contribution in [0.1, 0.15) is 15.2 Å². The van der Waals surface area contributed by atoms with Gasteiger partial charge in [-0.1, -0.05) is 48.5 Å². The Morgan fingerprint density at radius 2 is 1.74 bits per heavy atom. The third-order valence-electron chi connectivity index (χ3n) is 5.28. The lowest BCUT2D eigenvalue weighted by Crippen LogP contribution is -2.00. The monoisotopic (exact) mass is 424 g/mol. The average molecular weight is 425 g/mol. The van der Waals surface area contributed by atoms with Crippen LogP contribution < -0.4 is 5.32 Å². The normalized spacial score (nSPS) is 11.0. The van der Waals surface area contributed by atoms with Crippen molar-refractivity contribution in [2.45, 2.75) is 6.54 Å². The van der Waals surface area contributed by atoms with E-state index in [1.54, 1.807) is 29.5 Å². The predicted molar refractivity (Wildman–Crippen MR) is 127 cm³/mol. The van der Waals surface area contributed by atoms with Crippen molar-refractivity contribution >= 4 is 33.9 Å². The molecule has 5 heteroatoms. The average Bonchev–Trinajstić information content (AvgIpc) is 3.45.